The Morgan fingerprint density at radius 2 is 1.25 bits per heavy atom. The van der Waals surface area contributed by atoms with Gasteiger partial charge in [0.1, 0.15) is 63.6 Å². The number of morpholine rings is 1. The monoisotopic (exact) mass is 877 g/mol. The highest BCUT2D eigenvalue weighted by molar-refractivity contribution is 6.03. The third kappa shape index (κ3) is 10.3. The van der Waals surface area contributed by atoms with Crippen LogP contribution in [0.2, 0.25) is 0 Å². The van der Waals surface area contributed by atoms with E-state index in [1.807, 2.05) is 6.07 Å². The zero-order chi connectivity index (χ0) is 44.2. The third-order valence-electron chi connectivity index (χ3n) is 10.9. The van der Waals surface area contributed by atoms with Crippen molar-refractivity contribution in [1.29, 1.82) is 0 Å². The van der Waals surface area contributed by atoms with Gasteiger partial charge in [0.15, 0.2) is 11.6 Å². The normalized spacial score (nSPS) is 16.2. The number of hydrogen-bond acceptors (Lipinski definition) is 11. The summed E-state index contributed by atoms with van der Waals surface area (Å²) in [6.07, 6.45) is 10.8. The number of rotatable bonds is 17. The van der Waals surface area contributed by atoms with E-state index in [1.165, 1.54) is 50.9 Å². The number of ketones is 2. The van der Waals surface area contributed by atoms with Crippen LogP contribution in [0.1, 0.15) is 59.2 Å². The first-order chi connectivity index (χ1) is 30.5. The number of nitrogens with zero attached hydrogens (tertiary/aromatic N) is 4. The van der Waals surface area contributed by atoms with Crippen LogP contribution in [0.25, 0.3) is 33.8 Å². The number of ether oxygens (including phenoxy) is 6. The molecule has 0 spiro atoms. The summed E-state index contributed by atoms with van der Waals surface area (Å²) < 4.78 is 101. The van der Waals surface area contributed by atoms with Crippen molar-refractivity contribution in [2.75, 3.05) is 40.6 Å². The van der Waals surface area contributed by atoms with Gasteiger partial charge in [-0.3, -0.25) is 18.4 Å². The van der Waals surface area contributed by atoms with Crippen molar-refractivity contribution in [2.45, 2.75) is 57.8 Å². The summed E-state index contributed by atoms with van der Waals surface area (Å²) in [5.74, 6) is 0.146. The number of fused-ring (bicyclic) bond motifs is 2. The molecule has 3 aliphatic rings. The SMILES string of the molecule is COc1cc(-c2cnc3cc(F)ccn23)cc(OC(F)F)c1C(=O)CC1CC1.COc1cc(-c2cnc3cc(OCC4COCCN4)ccn23)cc(OC(F)F)c1C(=O)CC1CC1. The van der Waals surface area contributed by atoms with Crippen LogP contribution in [-0.2, 0) is 4.74 Å². The second-order valence-corrected chi connectivity index (χ2v) is 15.5. The number of pyridine rings is 2. The molecule has 2 aliphatic carbocycles. The second-order valence-electron chi connectivity index (χ2n) is 15.5. The van der Waals surface area contributed by atoms with E-state index in [-0.39, 0.29) is 70.5 Å². The predicted octanol–water partition coefficient (Wildman–Crippen LogP) is 8.69. The summed E-state index contributed by atoms with van der Waals surface area (Å²) in [6, 6.07) is 12.3. The predicted molar refractivity (Wildman–Crippen MR) is 219 cm³/mol. The zero-order valence-electron chi connectivity index (χ0n) is 34.3. The second kappa shape index (κ2) is 19.0. The lowest BCUT2D eigenvalue weighted by Crippen LogP contribution is -2.44. The Morgan fingerprint density at radius 1 is 0.746 bits per heavy atom. The molecule has 1 N–H and O–H groups in total. The van der Waals surface area contributed by atoms with Crippen molar-refractivity contribution in [1.82, 2.24) is 24.1 Å². The van der Waals surface area contributed by atoms with E-state index in [1.54, 1.807) is 39.4 Å². The van der Waals surface area contributed by atoms with Crippen molar-refractivity contribution >= 4 is 22.9 Å². The molecule has 1 atom stereocenters. The first kappa shape index (κ1) is 43.4. The Kier molecular flexibility index (Phi) is 13.1. The molecule has 63 heavy (non-hydrogen) atoms. The number of imidazole rings is 2. The van der Waals surface area contributed by atoms with Crippen LogP contribution in [-0.4, -0.2) is 90.2 Å². The van der Waals surface area contributed by atoms with Crippen LogP contribution < -0.4 is 29.0 Å². The quantitative estimate of drug-likeness (QED) is 0.0697. The molecular formula is C45H44F5N5O8. The Hall–Kier alpha value is -6.27. The van der Waals surface area contributed by atoms with Crippen molar-refractivity contribution in [3.63, 3.8) is 0 Å². The number of halogens is 5. The summed E-state index contributed by atoms with van der Waals surface area (Å²) in [4.78, 5) is 34.1. The number of carbonyl (C=O) groups is 2. The maximum atomic E-state index is 13.4. The van der Waals surface area contributed by atoms with Gasteiger partial charge in [-0.05, 0) is 73.9 Å². The fourth-order valence-electron chi connectivity index (χ4n) is 7.46. The third-order valence-corrected chi connectivity index (χ3v) is 10.9. The maximum absolute atomic E-state index is 13.4. The van der Waals surface area contributed by atoms with Crippen molar-refractivity contribution in [3.05, 3.63) is 90.3 Å². The minimum absolute atomic E-state index is 0.0123. The van der Waals surface area contributed by atoms with Gasteiger partial charge in [0.25, 0.3) is 0 Å². The standard InChI is InChI=1S/C25H27F2N3O5.C20H17F3N2O3/c1-32-21-9-16(10-22(35-25(26)27)24(21)20(31)8-15-2-3-15)19-12-29-23-11-18(4-6-30(19)23)34-14-17-13-33-7-5-28-17;1-27-16-7-12(14-10-24-18-9-13(21)4-5-25(14)18)8-17(28-20(22)23)19(16)15(26)6-11-2-3-11/h4,6,9-12,15,17,25,28H,2-3,5,7-8,13-14H2,1H3;4-5,7-11,20H,2-3,6H2,1H3. The van der Waals surface area contributed by atoms with Gasteiger partial charge in [-0.2, -0.15) is 17.6 Å². The Bertz CT molecular complexity index is 2600. The molecule has 0 amide bonds. The van der Waals surface area contributed by atoms with Gasteiger partial charge in [-0.1, -0.05) is 0 Å². The molecule has 13 nitrogen and oxygen atoms in total. The molecule has 4 aromatic heterocycles. The Morgan fingerprint density at radius 3 is 1.73 bits per heavy atom. The van der Waals surface area contributed by atoms with E-state index >= 15 is 0 Å². The fraction of sp³-hybridized carbons (Fsp3) is 0.378. The molecule has 2 aromatic carbocycles. The van der Waals surface area contributed by atoms with Crippen molar-refractivity contribution < 1.29 is 60.0 Å². The van der Waals surface area contributed by atoms with E-state index < -0.39 is 19.0 Å². The lowest BCUT2D eigenvalue weighted by molar-refractivity contribution is -0.0509. The fourth-order valence-corrected chi connectivity index (χ4v) is 7.46. The largest absolute Gasteiger partial charge is 0.496 e. The molecule has 1 unspecified atom stereocenters. The number of aromatic nitrogens is 4. The lowest BCUT2D eigenvalue weighted by atomic mass is 10.00. The van der Waals surface area contributed by atoms with E-state index in [4.69, 9.17) is 23.7 Å². The van der Waals surface area contributed by atoms with Gasteiger partial charge >= 0.3 is 13.2 Å². The van der Waals surface area contributed by atoms with Crippen LogP contribution in [0.5, 0.6) is 28.7 Å². The van der Waals surface area contributed by atoms with Gasteiger partial charge in [0, 0.05) is 55.0 Å². The molecular weight excluding hydrogens is 834 g/mol. The summed E-state index contributed by atoms with van der Waals surface area (Å²) >= 11 is 0. The molecule has 1 saturated heterocycles. The lowest BCUT2D eigenvalue weighted by Gasteiger charge is -2.23. The summed E-state index contributed by atoms with van der Waals surface area (Å²) in [7, 11) is 2.77. The average Bonchev–Trinajstić information content (AvgIpc) is 4.19. The first-order valence-electron chi connectivity index (χ1n) is 20.4. The average molecular weight is 878 g/mol. The van der Waals surface area contributed by atoms with Crippen LogP contribution in [0.4, 0.5) is 22.0 Å². The number of Topliss-reactive ketones (excluding diaryl/α,β-unsaturated/α-hetero) is 2. The molecule has 332 valence electrons. The van der Waals surface area contributed by atoms with E-state index in [2.05, 4.69) is 20.0 Å². The van der Waals surface area contributed by atoms with Gasteiger partial charge < -0.3 is 33.7 Å². The molecule has 0 radical (unpaired) electrons. The molecule has 2 saturated carbocycles. The topological polar surface area (TPSA) is 136 Å². The highest BCUT2D eigenvalue weighted by Crippen LogP contribution is 2.42. The van der Waals surface area contributed by atoms with Crippen LogP contribution in [0, 0.1) is 17.7 Å². The van der Waals surface area contributed by atoms with Gasteiger partial charge in [0.05, 0.1) is 57.3 Å². The Balaban J connectivity index is 0.000000177. The van der Waals surface area contributed by atoms with Crippen molar-refractivity contribution in [3.8, 4) is 51.3 Å². The number of methoxy groups -OCH3 is 2. The van der Waals surface area contributed by atoms with Crippen LogP contribution >= 0.6 is 0 Å². The highest BCUT2D eigenvalue weighted by atomic mass is 19.3. The molecule has 1 aliphatic heterocycles. The number of benzene rings is 2. The molecule has 5 heterocycles. The summed E-state index contributed by atoms with van der Waals surface area (Å²) in [5, 5.41) is 3.34. The number of hydrogen-bond donors (Lipinski definition) is 1. The van der Waals surface area contributed by atoms with E-state index in [9.17, 15) is 31.5 Å². The van der Waals surface area contributed by atoms with Gasteiger partial charge in [-0.25, -0.2) is 14.4 Å². The summed E-state index contributed by atoms with van der Waals surface area (Å²) in [5.41, 5.74) is 3.18. The molecule has 18 heteroatoms. The zero-order valence-corrected chi connectivity index (χ0v) is 34.3. The van der Waals surface area contributed by atoms with E-state index in [0.29, 0.717) is 65.3 Å². The number of carbonyl (C=O) groups excluding carboxylic acids is 2. The van der Waals surface area contributed by atoms with Gasteiger partial charge in [0.2, 0.25) is 0 Å². The van der Waals surface area contributed by atoms with Crippen LogP contribution in [0.15, 0.2) is 73.3 Å². The molecule has 0 bridgehead atoms. The highest BCUT2D eigenvalue weighted by Gasteiger charge is 2.31. The summed E-state index contributed by atoms with van der Waals surface area (Å²) in [6.45, 7) is -3.62. The Labute approximate surface area is 358 Å². The van der Waals surface area contributed by atoms with Crippen LogP contribution in [0.3, 0.4) is 0 Å². The smallest absolute Gasteiger partial charge is 0.387 e. The molecule has 9 rings (SSSR count). The maximum Gasteiger partial charge on any atom is 0.387 e. The first-order valence-corrected chi connectivity index (χ1v) is 20.4. The number of nitrogens with one attached hydrogen (secondary N) is 1. The number of alkyl halides is 4. The molecule has 6 aromatic rings. The minimum atomic E-state index is -3.09. The van der Waals surface area contributed by atoms with Crippen molar-refractivity contribution in [2.24, 2.45) is 11.8 Å². The molecule has 3 fully saturated rings. The van der Waals surface area contributed by atoms with Gasteiger partial charge in [-0.15, -0.1) is 0 Å². The van der Waals surface area contributed by atoms with E-state index in [0.717, 1.165) is 32.2 Å². The minimum Gasteiger partial charge on any atom is -0.496 e.